The number of piperidine rings is 1. The Balaban J connectivity index is 1.78. The summed E-state index contributed by atoms with van der Waals surface area (Å²) in [7, 11) is -3.63. The Labute approximate surface area is 145 Å². The molecule has 0 aliphatic carbocycles. The largest absolute Gasteiger partial charge is 0.369 e. The summed E-state index contributed by atoms with van der Waals surface area (Å²) in [5.74, 6) is -1.04. The molecule has 0 radical (unpaired) electrons. The average molecular weight is 374 g/mol. The van der Waals surface area contributed by atoms with Crippen molar-refractivity contribution in [2.24, 2.45) is 17.4 Å². The molecule has 0 aromatic carbocycles. The van der Waals surface area contributed by atoms with Crippen LogP contribution in [0.15, 0.2) is 15.7 Å². The van der Waals surface area contributed by atoms with E-state index in [0.717, 1.165) is 30.7 Å². The molecule has 1 aromatic rings. The first kappa shape index (κ1) is 18.8. The van der Waals surface area contributed by atoms with Crippen molar-refractivity contribution in [3.05, 3.63) is 17.0 Å². The van der Waals surface area contributed by atoms with Gasteiger partial charge in [-0.2, -0.15) is 0 Å². The summed E-state index contributed by atoms with van der Waals surface area (Å²) in [6, 6.07) is 1.28. The fourth-order valence-corrected chi connectivity index (χ4v) is 4.95. The van der Waals surface area contributed by atoms with E-state index in [4.69, 9.17) is 11.5 Å². The molecule has 8 nitrogen and oxygen atoms in total. The molecular weight excluding hydrogens is 352 g/mol. The maximum absolute atomic E-state index is 12.1. The lowest BCUT2D eigenvalue weighted by Gasteiger charge is -2.31. The number of primary amides is 2. The Morgan fingerprint density at radius 1 is 1.38 bits per heavy atom. The molecule has 1 saturated heterocycles. The predicted octanol–water partition coefficient (Wildman–Crippen LogP) is -0.287. The summed E-state index contributed by atoms with van der Waals surface area (Å²) >= 11 is 0.961. The molecule has 1 aromatic heterocycles. The number of rotatable bonds is 8. The van der Waals surface area contributed by atoms with Crippen molar-refractivity contribution in [1.29, 1.82) is 0 Å². The van der Waals surface area contributed by atoms with Crippen LogP contribution in [-0.2, 0) is 14.8 Å². The minimum Gasteiger partial charge on any atom is -0.369 e. The third-order valence-electron chi connectivity index (χ3n) is 3.98. The molecule has 0 spiro atoms. The molecule has 0 saturated carbocycles. The number of amides is 2. The maximum atomic E-state index is 12.1. The zero-order chi connectivity index (χ0) is 17.7. The van der Waals surface area contributed by atoms with E-state index in [9.17, 15) is 18.0 Å². The quantitative estimate of drug-likeness (QED) is 0.537. The second kappa shape index (κ2) is 8.06. The first-order valence-electron chi connectivity index (χ1n) is 7.69. The second-order valence-electron chi connectivity index (χ2n) is 5.81. The Bertz CT molecular complexity index is 701. The average Bonchev–Trinajstić information content (AvgIpc) is 3.03. The van der Waals surface area contributed by atoms with Crippen molar-refractivity contribution >= 4 is 33.2 Å². The highest BCUT2D eigenvalue weighted by molar-refractivity contribution is 7.91. The fourth-order valence-electron chi connectivity index (χ4n) is 2.66. The van der Waals surface area contributed by atoms with Gasteiger partial charge in [-0.15, -0.1) is 11.3 Å². The lowest BCUT2D eigenvalue weighted by Crippen LogP contribution is -2.42. The number of sulfonamides is 1. The van der Waals surface area contributed by atoms with Gasteiger partial charge in [0.15, 0.2) is 0 Å². The molecular formula is C14H22N4O4S2. The normalized spacial score (nSPS) is 19.2. The fraction of sp³-hybridized carbons (Fsp3) is 0.571. The molecule has 1 aliphatic heterocycles. The first-order valence-corrected chi connectivity index (χ1v) is 10.1. The Morgan fingerprint density at radius 2 is 2.12 bits per heavy atom. The Kier molecular flexibility index (Phi) is 6.33. The maximum Gasteiger partial charge on any atom is 0.250 e. The van der Waals surface area contributed by atoms with Crippen molar-refractivity contribution in [1.82, 2.24) is 9.62 Å². The van der Waals surface area contributed by atoms with Crippen molar-refractivity contribution in [3.8, 4) is 0 Å². The van der Waals surface area contributed by atoms with Crippen LogP contribution in [0, 0.1) is 5.92 Å². The molecule has 2 rings (SSSR count). The number of likely N-dealkylation sites (tertiary alicyclic amines) is 1. The van der Waals surface area contributed by atoms with Crippen molar-refractivity contribution in [2.75, 3.05) is 26.2 Å². The van der Waals surface area contributed by atoms with Gasteiger partial charge < -0.3 is 16.4 Å². The minimum absolute atomic E-state index is 0.0723. The summed E-state index contributed by atoms with van der Waals surface area (Å²) in [5.41, 5.74) is 10.6. The summed E-state index contributed by atoms with van der Waals surface area (Å²) in [5, 5.41) is 1.43. The molecule has 2 amide bonds. The van der Waals surface area contributed by atoms with Gasteiger partial charge >= 0.3 is 0 Å². The highest BCUT2D eigenvalue weighted by atomic mass is 32.2. The molecule has 24 heavy (non-hydrogen) atoms. The summed E-state index contributed by atoms with van der Waals surface area (Å²) in [6.07, 6.45) is 2.36. The van der Waals surface area contributed by atoms with Gasteiger partial charge in [0, 0.05) is 18.5 Å². The second-order valence-corrected chi connectivity index (χ2v) is 8.72. The van der Waals surface area contributed by atoms with Gasteiger partial charge in [0.2, 0.25) is 21.8 Å². The van der Waals surface area contributed by atoms with Gasteiger partial charge in [-0.1, -0.05) is 0 Å². The van der Waals surface area contributed by atoms with Crippen LogP contribution < -0.4 is 16.2 Å². The number of nitrogens with zero attached hydrogens (tertiary/aromatic N) is 1. The van der Waals surface area contributed by atoms with Crippen LogP contribution in [0.5, 0.6) is 0 Å². The molecule has 10 heteroatoms. The van der Waals surface area contributed by atoms with E-state index in [-0.39, 0.29) is 28.1 Å². The van der Waals surface area contributed by atoms with Crippen LogP contribution in [0.3, 0.4) is 0 Å². The standard InChI is InChI=1S/C14H22N4O4S2/c15-13(19)10-3-1-5-18(8-10)6-2-4-17-24(21,22)12-7-11(9-23-12)14(16)20/h7,9-10,17H,1-6,8H2,(H2,15,19)(H2,16,20). The summed E-state index contributed by atoms with van der Waals surface area (Å²) in [4.78, 5) is 24.4. The van der Waals surface area contributed by atoms with Crippen LogP contribution in [0.1, 0.15) is 29.6 Å². The number of hydrogen-bond acceptors (Lipinski definition) is 6. The third-order valence-corrected chi connectivity index (χ3v) is 6.88. The topological polar surface area (TPSA) is 136 Å². The smallest absolute Gasteiger partial charge is 0.250 e. The Morgan fingerprint density at radius 3 is 2.75 bits per heavy atom. The molecule has 2 heterocycles. The van der Waals surface area contributed by atoms with E-state index < -0.39 is 15.9 Å². The van der Waals surface area contributed by atoms with E-state index in [0.29, 0.717) is 19.5 Å². The van der Waals surface area contributed by atoms with Crippen molar-refractivity contribution < 1.29 is 18.0 Å². The molecule has 1 aliphatic rings. The lowest BCUT2D eigenvalue weighted by molar-refractivity contribution is -0.123. The zero-order valence-electron chi connectivity index (χ0n) is 13.2. The first-order chi connectivity index (χ1) is 11.3. The summed E-state index contributed by atoms with van der Waals surface area (Å²) in [6.45, 7) is 2.51. The van der Waals surface area contributed by atoms with Gasteiger partial charge in [0.1, 0.15) is 4.21 Å². The monoisotopic (exact) mass is 374 g/mol. The van der Waals surface area contributed by atoms with E-state index >= 15 is 0 Å². The van der Waals surface area contributed by atoms with E-state index in [2.05, 4.69) is 9.62 Å². The molecule has 134 valence electrons. The van der Waals surface area contributed by atoms with Gasteiger partial charge in [-0.05, 0) is 38.4 Å². The number of nitrogens with two attached hydrogens (primary N) is 2. The summed E-state index contributed by atoms with van der Waals surface area (Å²) < 4.78 is 26.9. The lowest BCUT2D eigenvalue weighted by atomic mass is 9.97. The van der Waals surface area contributed by atoms with Gasteiger partial charge in [-0.3, -0.25) is 9.59 Å². The van der Waals surface area contributed by atoms with Crippen LogP contribution in [0.4, 0.5) is 0 Å². The van der Waals surface area contributed by atoms with E-state index in [1.54, 1.807) is 0 Å². The van der Waals surface area contributed by atoms with Crippen LogP contribution >= 0.6 is 11.3 Å². The minimum atomic E-state index is -3.63. The van der Waals surface area contributed by atoms with Crippen LogP contribution in [-0.4, -0.2) is 51.3 Å². The molecule has 0 bridgehead atoms. The number of thiophene rings is 1. The molecule has 1 fully saturated rings. The number of hydrogen-bond donors (Lipinski definition) is 3. The van der Waals surface area contributed by atoms with Crippen LogP contribution in [0.2, 0.25) is 0 Å². The van der Waals surface area contributed by atoms with E-state index in [1.165, 1.54) is 11.4 Å². The highest BCUT2D eigenvalue weighted by Crippen LogP contribution is 2.20. The zero-order valence-corrected chi connectivity index (χ0v) is 14.9. The van der Waals surface area contributed by atoms with Crippen LogP contribution in [0.25, 0.3) is 0 Å². The molecule has 1 unspecified atom stereocenters. The Hall–Kier alpha value is -1.49. The van der Waals surface area contributed by atoms with Crippen molar-refractivity contribution in [3.63, 3.8) is 0 Å². The van der Waals surface area contributed by atoms with Crippen molar-refractivity contribution in [2.45, 2.75) is 23.5 Å². The molecule has 5 N–H and O–H groups in total. The van der Waals surface area contributed by atoms with Gasteiger partial charge in [0.25, 0.3) is 0 Å². The molecule has 1 atom stereocenters. The predicted molar refractivity (Wildman–Crippen MR) is 91.0 cm³/mol. The number of carbonyl (C=O) groups excluding carboxylic acids is 2. The van der Waals surface area contributed by atoms with Gasteiger partial charge in [-0.25, -0.2) is 13.1 Å². The highest BCUT2D eigenvalue weighted by Gasteiger charge is 2.23. The van der Waals surface area contributed by atoms with E-state index in [1.807, 2.05) is 0 Å². The SMILES string of the molecule is NC(=O)c1csc(S(=O)(=O)NCCCN2CCCC(C(N)=O)C2)c1. The van der Waals surface area contributed by atoms with Gasteiger partial charge in [0.05, 0.1) is 11.5 Å². The number of nitrogens with one attached hydrogen (secondary N) is 1. The third kappa shape index (κ3) is 5.00. The number of carbonyl (C=O) groups is 2.